The third-order valence-electron chi connectivity index (χ3n) is 1.95. The maximum atomic E-state index is 12.3. The molecule has 1 aromatic rings. The Kier molecular flexibility index (Phi) is 4.25. The first-order chi connectivity index (χ1) is 6.31. The highest BCUT2D eigenvalue weighted by atomic mass is 32.2. The second-order valence-electron chi connectivity index (χ2n) is 2.79. The summed E-state index contributed by atoms with van der Waals surface area (Å²) in [5.74, 6) is 0. The van der Waals surface area contributed by atoms with E-state index in [0.717, 1.165) is 12.0 Å². The fourth-order valence-electron chi connectivity index (χ4n) is 1.29. The monoisotopic (exact) mass is 200 g/mol. The lowest BCUT2D eigenvalue weighted by Crippen LogP contribution is -1.94. The van der Waals surface area contributed by atoms with Gasteiger partial charge >= 0.3 is 0 Å². The van der Waals surface area contributed by atoms with Crippen molar-refractivity contribution in [2.45, 2.75) is 24.8 Å². The van der Waals surface area contributed by atoms with Crippen LogP contribution in [0.2, 0.25) is 0 Å². The fourth-order valence-corrected chi connectivity index (χ4v) is 1.59. The zero-order valence-electron chi connectivity index (χ0n) is 7.84. The van der Waals surface area contributed by atoms with Gasteiger partial charge in [0.25, 0.3) is 0 Å². The Morgan fingerprint density at radius 3 is 2.69 bits per heavy atom. The highest BCUT2D eigenvalue weighted by Gasteiger charge is 2.02. The molecule has 0 saturated heterocycles. The van der Waals surface area contributed by atoms with E-state index < -0.39 is 0 Å². The minimum atomic E-state index is 0.272. The molecule has 72 valence electrons. The van der Waals surface area contributed by atoms with E-state index in [1.165, 1.54) is 5.56 Å². The number of benzene rings is 1. The van der Waals surface area contributed by atoms with Gasteiger partial charge < -0.3 is 4.74 Å². The Morgan fingerprint density at radius 1 is 1.38 bits per heavy atom. The molecule has 0 saturated carbocycles. The van der Waals surface area contributed by atoms with E-state index in [1.54, 1.807) is 13.2 Å². The van der Waals surface area contributed by atoms with Crippen LogP contribution in [0.3, 0.4) is 0 Å². The molecule has 0 bridgehead atoms. The highest BCUT2D eigenvalue weighted by molar-refractivity contribution is 7.94. The zero-order chi connectivity index (χ0) is 9.68. The minimum Gasteiger partial charge on any atom is -0.380 e. The third-order valence-corrected chi connectivity index (χ3v) is 2.38. The molecule has 0 atom stereocenters. The van der Waals surface area contributed by atoms with Gasteiger partial charge in [-0.15, -0.1) is 0 Å². The lowest BCUT2D eigenvalue weighted by atomic mass is 10.1. The van der Waals surface area contributed by atoms with E-state index in [-0.39, 0.29) is 12.1 Å². The molecule has 0 heterocycles. The molecule has 0 aromatic heterocycles. The molecule has 1 rings (SSSR count). The van der Waals surface area contributed by atoms with Crippen LogP contribution in [0.1, 0.15) is 18.1 Å². The predicted octanol–water partition coefficient (Wildman–Crippen LogP) is 3.37. The summed E-state index contributed by atoms with van der Waals surface area (Å²) in [4.78, 5) is 0.643. The van der Waals surface area contributed by atoms with Gasteiger partial charge in [0, 0.05) is 12.0 Å². The van der Waals surface area contributed by atoms with Gasteiger partial charge in [-0.3, -0.25) is 0 Å². The molecular formula is C10H13FOS. The zero-order valence-corrected chi connectivity index (χ0v) is 8.66. The van der Waals surface area contributed by atoms with Crippen molar-refractivity contribution in [3.8, 4) is 0 Å². The van der Waals surface area contributed by atoms with Crippen molar-refractivity contribution in [2.75, 3.05) is 7.11 Å². The Balaban J connectivity index is 2.95. The van der Waals surface area contributed by atoms with Crippen LogP contribution in [0.25, 0.3) is 0 Å². The first kappa shape index (κ1) is 10.5. The summed E-state index contributed by atoms with van der Waals surface area (Å²) in [5.41, 5.74) is 2.30. The maximum absolute atomic E-state index is 12.3. The molecule has 0 N–H and O–H groups in total. The van der Waals surface area contributed by atoms with E-state index in [0.29, 0.717) is 11.5 Å². The Bertz CT molecular complexity index is 276. The van der Waals surface area contributed by atoms with E-state index >= 15 is 0 Å². The lowest BCUT2D eigenvalue weighted by molar-refractivity contribution is 0.184. The summed E-state index contributed by atoms with van der Waals surface area (Å²) < 4.78 is 17.3. The second kappa shape index (κ2) is 5.25. The molecule has 1 aromatic carbocycles. The second-order valence-corrected chi connectivity index (χ2v) is 3.42. The van der Waals surface area contributed by atoms with Crippen molar-refractivity contribution in [1.82, 2.24) is 0 Å². The molecule has 0 aliphatic heterocycles. The van der Waals surface area contributed by atoms with Gasteiger partial charge in [-0.1, -0.05) is 13.0 Å². The molecule has 0 spiro atoms. The number of aryl methyl sites for hydroxylation is 1. The number of rotatable bonds is 4. The van der Waals surface area contributed by atoms with E-state index in [4.69, 9.17) is 4.74 Å². The van der Waals surface area contributed by atoms with Crippen LogP contribution >= 0.6 is 12.1 Å². The highest BCUT2D eigenvalue weighted by Crippen LogP contribution is 2.23. The van der Waals surface area contributed by atoms with Gasteiger partial charge in [-0.05, 0) is 29.7 Å². The quantitative estimate of drug-likeness (QED) is 0.737. The third kappa shape index (κ3) is 2.71. The van der Waals surface area contributed by atoms with Crippen molar-refractivity contribution in [1.29, 1.82) is 0 Å². The SMILES string of the molecule is CCc1ccc(SF)cc1COC. The van der Waals surface area contributed by atoms with Crippen LogP contribution in [-0.2, 0) is 17.8 Å². The van der Waals surface area contributed by atoms with Crippen molar-refractivity contribution in [2.24, 2.45) is 0 Å². The summed E-state index contributed by atoms with van der Waals surface area (Å²) in [6.45, 7) is 2.63. The lowest BCUT2D eigenvalue weighted by Gasteiger charge is -2.07. The number of methoxy groups -OCH3 is 1. The number of halogens is 1. The van der Waals surface area contributed by atoms with Gasteiger partial charge in [0.15, 0.2) is 0 Å². The normalized spacial score (nSPS) is 10.4. The summed E-state index contributed by atoms with van der Waals surface area (Å²) in [7, 11) is 1.65. The number of hydrogen-bond acceptors (Lipinski definition) is 2. The first-order valence-electron chi connectivity index (χ1n) is 4.21. The van der Waals surface area contributed by atoms with Crippen molar-refractivity contribution < 1.29 is 8.62 Å². The van der Waals surface area contributed by atoms with Crippen LogP contribution in [0.5, 0.6) is 0 Å². The minimum absolute atomic E-state index is 0.272. The van der Waals surface area contributed by atoms with Crippen LogP contribution < -0.4 is 0 Å². The smallest absolute Gasteiger partial charge is 0.0812 e. The summed E-state index contributed by atoms with van der Waals surface area (Å²) in [6.07, 6.45) is 0.954. The molecule has 0 fully saturated rings. The summed E-state index contributed by atoms with van der Waals surface area (Å²) >= 11 is 0.272. The van der Waals surface area contributed by atoms with Crippen LogP contribution in [0.4, 0.5) is 3.89 Å². The predicted molar refractivity (Wildman–Crippen MR) is 53.5 cm³/mol. The summed E-state index contributed by atoms with van der Waals surface area (Å²) in [6, 6.07) is 5.59. The fraction of sp³-hybridized carbons (Fsp3) is 0.400. The van der Waals surface area contributed by atoms with Crippen molar-refractivity contribution in [3.05, 3.63) is 29.3 Å². The van der Waals surface area contributed by atoms with Gasteiger partial charge in [0.2, 0.25) is 0 Å². The molecule has 0 amide bonds. The van der Waals surface area contributed by atoms with Gasteiger partial charge in [0.1, 0.15) is 0 Å². The van der Waals surface area contributed by atoms with E-state index in [1.807, 2.05) is 12.1 Å². The van der Waals surface area contributed by atoms with Crippen molar-refractivity contribution in [3.63, 3.8) is 0 Å². The topological polar surface area (TPSA) is 9.23 Å². The number of ether oxygens (including phenoxy) is 1. The van der Waals surface area contributed by atoms with Crippen molar-refractivity contribution >= 4 is 12.1 Å². The van der Waals surface area contributed by atoms with Gasteiger partial charge in [-0.2, -0.15) is 3.89 Å². The number of hydrogen-bond donors (Lipinski definition) is 0. The average Bonchev–Trinajstić information content (AvgIpc) is 2.18. The van der Waals surface area contributed by atoms with Gasteiger partial charge in [-0.25, -0.2) is 0 Å². The standard InChI is InChI=1S/C10H13FOS/c1-3-8-4-5-10(13-11)6-9(8)7-12-2/h4-6H,3,7H2,1-2H3. The molecule has 0 aliphatic rings. The molecule has 13 heavy (non-hydrogen) atoms. The van der Waals surface area contributed by atoms with E-state index in [2.05, 4.69) is 6.92 Å². The largest absolute Gasteiger partial charge is 0.380 e. The Morgan fingerprint density at radius 2 is 2.15 bits per heavy atom. The van der Waals surface area contributed by atoms with Crippen LogP contribution in [0.15, 0.2) is 23.1 Å². The molecule has 0 unspecified atom stereocenters. The Labute approximate surface area is 82.6 Å². The maximum Gasteiger partial charge on any atom is 0.0812 e. The van der Waals surface area contributed by atoms with E-state index in [9.17, 15) is 3.89 Å². The Hall–Kier alpha value is -0.540. The molecule has 3 heteroatoms. The van der Waals surface area contributed by atoms with Gasteiger partial charge in [0.05, 0.1) is 18.8 Å². The first-order valence-corrected chi connectivity index (χ1v) is 4.92. The molecule has 1 nitrogen and oxygen atoms in total. The molecular weight excluding hydrogens is 187 g/mol. The van der Waals surface area contributed by atoms with Crippen LogP contribution in [0, 0.1) is 0 Å². The molecule has 0 aliphatic carbocycles. The summed E-state index contributed by atoms with van der Waals surface area (Å²) in [5, 5.41) is 0. The average molecular weight is 200 g/mol. The van der Waals surface area contributed by atoms with Crippen LogP contribution in [-0.4, -0.2) is 7.11 Å². The molecule has 0 radical (unpaired) electrons.